The lowest BCUT2D eigenvalue weighted by atomic mass is 9.75. The van der Waals surface area contributed by atoms with Crippen LogP contribution in [0.15, 0.2) is 48.5 Å². The van der Waals surface area contributed by atoms with Crippen LogP contribution in [0, 0.1) is 0 Å². The predicted octanol–water partition coefficient (Wildman–Crippen LogP) is 3.13. The maximum absolute atomic E-state index is 11.8. The molecule has 1 saturated heterocycles. The van der Waals surface area contributed by atoms with Gasteiger partial charge < -0.3 is 14.2 Å². The molecule has 4 nitrogen and oxygen atoms in total. The Balaban J connectivity index is 2.01. The summed E-state index contributed by atoms with van der Waals surface area (Å²) in [5.41, 5.74) is 1.85. The zero-order valence-electron chi connectivity index (χ0n) is 13.4. The molecule has 0 bridgehead atoms. The number of esters is 1. The molecule has 0 saturated carbocycles. The number of ether oxygens (including phenoxy) is 3. The number of rotatable bonds is 5. The quantitative estimate of drug-likeness (QED) is 0.796. The van der Waals surface area contributed by atoms with Crippen molar-refractivity contribution in [3.8, 4) is 11.5 Å². The second-order valence-electron chi connectivity index (χ2n) is 5.85. The normalized spacial score (nSPS) is 20.2. The fourth-order valence-electron chi connectivity index (χ4n) is 3.15. The molecule has 1 aliphatic heterocycles. The fraction of sp³-hybridized carbons (Fsp3) is 0.316. The minimum Gasteiger partial charge on any atom is -0.493 e. The highest BCUT2D eigenvalue weighted by atomic mass is 16.5. The SMILES string of the molecule is COc1ccc([C@@]2(Cc3ccccc3)COC(=O)C2)cc1OC. The molecular formula is C19H20O4. The second-order valence-corrected chi connectivity index (χ2v) is 5.85. The molecule has 23 heavy (non-hydrogen) atoms. The number of benzene rings is 2. The van der Waals surface area contributed by atoms with E-state index in [4.69, 9.17) is 14.2 Å². The molecule has 120 valence electrons. The molecule has 3 rings (SSSR count). The van der Waals surface area contributed by atoms with Gasteiger partial charge in [0.2, 0.25) is 0 Å². The zero-order chi connectivity index (χ0) is 16.3. The first-order chi connectivity index (χ1) is 11.2. The lowest BCUT2D eigenvalue weighted by molar-refractivity contribution is -0.137. The monoisotopic (exact) mass is 312 g/mol. The highest BCUT2D eigenvalue weighted by Crippen LogP contribution is 2.40. The third kappa shape index (κ3) is 3.02. The van der Waals surface area contributed by atoms with Gasteiger partial charge in [0, 0.05) is 5.41 Å². The van der Waals surface area contributed by atoms with Gasteiger partial charge >= 0.3 is 5.97 Å². The molecule has 0 aromatic heterocycles. The van der Waals surface area contributed by atoms with Gasteiger partial charge in [-0.15, -0.1) is 0 Å². The highest BCUT2D eigenvalue weighted by molar-refractivity contribution is 5.74. The zero-order valence-corrected chi connectivity index (χ0v) is 13.4. The maximum Gasteiger partial charge on any atom is 0.306 e. The molecule has 1 heterocycles. The standard InChI is InChI=1S/C19H20O4/c1-21-16-9-8-15(10-17(16)22-2)19(12-18(20)23-13-19)11-14-6-4-3-5-7-14/h3-10H,11-13H2,1-2H3/t19-/m1/s1. The van der Waals surface area contributed by atoms with Gasteiger partial charge in [0.15, 0.2) is 11.5 Å². The Labute approximate surface area is 136 Å². The van der Waals surface area contributed by atoms with Crippen LogP contribution >= 0.6 is 0 Å². The number of hydrogen-bond donors (Lipinski definition) is 0. The van der Waals surface area contributed by atoms with Crippen LogP contribution in [0.4, 0.5) is 0 Å². The lowest BCUT2D eigenvalue weighted by Crippen LogP contribution is -2.29. The minimum atomic E-state index is -0.363. The molecule has 2 aromatic carbocycles. The largest absolute Gasteiger partial charge is 0.493 e. The first-order valence-electron chi connectivity index (χ1n) is 7.59. The number of hydrogen-bond acceptors (Lipinski definition) is 4. The van der Waals surface area contributed by atoms with Crippen molar-refractivity contribution >= 4 is 5.97 Å². The Hall–Kier alpha value is -2.49. The van der Waals surface area contributed by atoms with Gasteiger partial charge in [-0.3, -0.25) is 4.79 Å². The number of cyclic esters (lactones) is 1. The third-order valence-electron chi connectivity index (χ3n) is 4.37. The first-order valence-corrected chi connectivity index (χ1v) is 7.59. The summed E-state index contributed by atoms with van der Waals surface area (Å²) in [7, 11) is 3.22. The Morgan fingerprint density at radius 2 is 1.78 bits per heavy atom. The highest BCUT2D eigenvalue weighted by Gasteiger charge is 2.42. The summed E-state index contributed by atoms with van der Waals surface area (Å²) in [5, 5.41) is 0. The molecule has 0 spiro atoms. The van der Waals surface area contributed by atoms with Gasteiger partial charge in [-0.25, -0.2) is 0 Å². The van der Waals surface area contributed by atoms with Crippen molar-refractivity contribution in [3.63, 3.8) is 0 Å². The number of carbonyl (C=O) groups is 1. The van der Waals surface area contributed by atoms with Gasteiger partial charge in [0.25, 0.3) is 0 Å². The van der Waals surface area contributed by atoms with E-state index in [2.05, 4.69) is 12.1 Å². The van der Waals surface area contributed by atoms with Gasteiger partial charge in [-0.2, -0.15) is 0 Å². The summed E-state index contributed by atoms with van der Waals surface area (Å²) in [4.78, 5) is 11.8. The van der Waals surface area contributed by atoms with Crippen molar-refractivity contribution < 1.29 is 19.0 Å². The van der Waals surface area contributed by atoms with Crippen molar-refractivity contribution in [1.82, 2.24) is 0 Å². The summed E-state index contributed by atoms with van der Waals surface area (Å²) in [6, 6.07) is 16.0. The molecule has 2 aromatic rings. The van der Waals surface area contributed by atoms with Gasteiger partial charge in [-0.05, 0) is 29.7 Å². The van der Waals surface area contributed by atoms with Crippen molar-refractivity contribution in [3.05, 3.63) is 59.7 Å². The van der Waals surface area contributed by atoms with E-state index in [0.717, 1.165) is 12.0 Å². The Bertz CT molecular complexity index is 696. The molecule has 0 unspecified atom stereocenters. The topological polar surface area (TPSA) is 44.8 Å². The average molecular weight is 312 g/mol. The van der Waals surface area contributed by atoms with Crippen molar-refractivity contribution in [1.29, 1.82) is 0 Å². The average Bonchev–Trinajstić information content (AvgIpc) is 2.97. The maximum atomic E-state index is 11.8. The molecule has 0 aliphatic carbocycles. The van der Waals surface area contributed by atoms with Crippen molar-refractivity contribution in [2.75, 3.05) is 20.8 Å². The Morgan fingerprint density at radius 3 is 2.39 bits per heavy atom. The number of methoxy groups -OCH3 is 2. The smallest absolute Gasteiger partial charge is 0.306 e. The van der Waals surface area contributed by atoms with E-state index >= 15 is 0 Å². The van der Waals surface area contributed by atoms with Crippen molar-refractivity contribution in [2.24, 2.45) is 0 Å². The Kier molecular flexibility index (Phi) is 4.24. The van der Waals surface area contributed by atoms with Crippen LogP contribution in [0.3, 0.4) is 0 Å². The van der Waals surface area contributed by atoms with Gasteiger partial charge in [0.05, 0.1) is 20.6 Å². The van der Waals surface area contributed by atoms with Crippen LogP contribution in [-0.2, 0) is 21.4 Å². The van der Waals surface area contributed by atoms with Crippen LogP contribution in [0.25, 0.3) is 0 Å². The van der Waals surface area contributed by atoms with E-state index in [0.29, 0.717) is 24.5 Å². The fourth-order valence-corrected chi connectivity index (χ4v) is 3.15. The van der Waals surface area contributed by atoms with Crippen LogP contribution in [-0.4, -0.2) is 26.8 Å². The van der Waals surface area contributed by atoms with E-state index in [9.17, 15) is 4.79 Å². The summed E-state index contributed by atoms with van der Waals surface area (Å²) < 4.78 is 16.0. The van der Waals surface area contributed by atoms with Gasteiger partial charge in [0.1, 0.15) is 6.61 Å². The van der Waals surface area contributed by atoms with E-state index in [1.54, 1.807) is 14.2 Å². The molecule has 0 amide bonds. The van der Waals surface area contributed by atoms with Crippen LogP contribution in [0.1, 0.15) is 17.5 Å². The number of carbonyl (C=O) groups excluding carboxylic acids is 1. The molecule has 1 atom stereocenters. The molecule has 1 fully saturated rings. The summed E-state index contributed by atoms with van der Waals surface area (Å²) in [6.45, 7) is 0.385. The first kappa shape index (κ1) is 15.4. The van der Waals surface area contributed by atoms with Gasteiger partial charge in [-0.1, -0.05) is 36.4 Å². The van der Waals surface area contributed by atoms with Crippen LogP contribution < -0.4 is 9.47 Å². The molecular weight excluding hydrogens is 292 g/mol. The molecule has 0 N–H and O–H groups in total. The van der Waals surface area contributed by atoms with E-state index in [1.807, 2.05) is 36.4 Å². The van der Waals surface area contributed by atoms with Crippen LogP contribution in [0.5, 0.6) is 11.5 Å². The molecule has 0 radical (unpaired) electrons. The predicted molar refractivity (Wildman–Crippen MR) is 86.9 cm³/mol. The summed E-state index contributed by atoms with van der Waals surface area (Å²) >= 11 is 0. The van der Waals surface area contributed by atoms with E-state index < -0.39 is 0 Å². The Morgan fingerprint density at radius 1 is 1.04 bits per heavy atom. The minimum absolute atomic E-state index is 0.157. The van der Waals surface area contributed by atoms with E-state index in [-0.39, 0.29) is 11.4 Å². The summed E-state index contributed by atoms with van der Waals surface area (Å²) in [6.07, 6.45) is 1.12. The van der Waals surface area contributed by atoms with Crippen LogP contribution in [0.2, 0.25) is 0 Å². The molecule has 4 heteroatoms. The van der Waals surface area contributed by atoms with E-state index in [1.165, 1.54) is 5.56 Å². The second kappa shape index (κ2) is 6.32. The van der Waals surface area contributed by atoms with Crippen molar-refractivity contribution in [2.45, 2.75) is 18.3 Å². The summed E-state index contributed by atoms with van der Waals surface area (Å²) in [5.74, 6) is 1.18. The molecule has 1 aliphatic rings. The third-order valence-corrected chi connectivity index (χ3v) is 4.37. The lowest BCUT2D eigenvalue weighted by Gasteiger charge is -2.27.